The van der Waals surface area contributed by atoms with Gasteiger partial charge in [0.15, 0.2) is 0 Å². The molecule has 0 aliphatic heterocycles. The van der Waals surface area contributed by atoms with Gasteiger partial charge >= 0.3 is 4.87 Å². The molecule has 2 aromatic rings. The molecule has 22 heavy (non-hydrogen) atoms. The van der Waals surface area contributed by atoms with Crippen molar-refractivity contribution in [3.05, 3.63) is 56.4 Å². The van der Waals surface area contributed by atoms with Crippen molar-refractivity contribution in [3.8, 4) is 0 Å². The number of hydrogen-bond donors (Lipinski definition) is 2. The standard InChI is InChI=1S/C14H14FN3O3S/c1-9-8-22-14(21)18(9)7-6-12(19)16-17-13(20)10-4-2-3-5-11(10)15/h2-5,8H,6-7H2,1H3,(H,16,19)(H,17,20). The molecule has 6 nitrogen and oxygen atoms in total. The van der Waals surface area contributed by atoms with Crippen LogP contribution in [0.25, 0.3) is 0 Å². The van der Waals surface area contributed by atoms with Gasteiger partial charge in [-0.3, -0.25) is 25.2 Å². The summed E-state index contributed by atoms with van der Waals surface area (Å²) in [5.41, 5.74) is 4.94. The largest absolute Gasteiger partial charge is 0.307 e. The van der Waals surface area contributed by atoms with Crippen LogP contribution in [0.1, 0.15) is 22.5 Å². The van der Waals surface area contributed by atoms with Gasteiger partial charge in [0.25, 0.3) is 5.91 Å². The van der Waals surface area contributed by atoms with Crippen LogP contribution in [0.5, 0.6) is 0 Å². The second-order valence-electron chi connectivity index (χ2n) is 4.53. The van der Waals surface area contributed by atoms with Crippen LogP contribution in [0.2, 0.25) is 0 Å². The Morgan fingerprint density at radius 3 is 2.64 bits per heavy atom. The number of amides is 2. The van der Waals surface area contributed by atoms with Crippen molar-refractivity contribution in [2.75, 3.05) is 0 Å². The molecule has 0 fully saturated rings. The van der Waals surface area contributed by atoms with E-state index in [0.717, 1.165) is 23.1 Å². The number of rotatable bonds is 4. The highest BCUT2D eigenvalue weighted by atomic mass is 32.1. The van der Waals surface area contributed by atoms with E-state index in [-0.39, 0.29) is 23.4 Å². The van der Waals surface area contributed by atoms with E-state index in [9.17, 15) is 18.8 Å². The first-order chi connectivity index (χ1) is 10.5. The van der Waals surface area contributed by atoms with Crippen molar-refractivity contribution in [2.45, 2.75) is 19.9 Å². The molecule has 2 N–H and O–H groups in total. The lowest BCUT2D eigenvalue weighted by molar-refractivity contribution is -0.122. The highest BCUT2D eigenvalue weighted by Gasteiger charge is 2.12. The minimum atomic E-state index is -0.740. The number of carbonyl (C=O) groups excluding carboxylic acids is 2. The maximum absolute atomic E-state index is 13.4. The SMILES string of the molecule is Cc1csc(=O)n1CCC(=O)NNC(=O)c1ccccc1F. The topological polar surface area (TPSA) is 80.2 Å². The van der Waals surface area contributed by atoms with Gasteiger partial charge in [0.1, 0.15) is 5.82 Å². The molecule has 8 heteroatoms. The van der Waals surface area contributed by atoms with Gasteiger partial charge in [0, 0.05) is 24.0 Å². The molecule has 0 spiro atoms. The first kappa shape index (κ1) is 15.9. The van der Waals surface area contributed by atoms with E-state index >= 15 is 0 Å². The summed E-state index contributed by atoms with van der Waals surface area (Å²) in [6, 6.07) is 5.45. The fourth-order valence-electron chi connectivity index (χ4n) is 1.79. The van der Waals surface area contributed by atoms with Crippen molar-refractivity contribution in [2.24, 2.45) is 0 Å². The van der Waals surface area contributed by atoms with Gasteiger partial charge in [0.05, 0.1) is 5.56 Å². The highest BCUT2D eigenvalue weighted by Crippen LogP contribution is 2.05. The predicted molar refractivity (Wildman–Crippen MR) is 79.9 cm³/mol. The van der Waals surface area contributed by atoms with Gasteiger partial charge in [-0.1, -0.05) is 23.5 Å². The molecule has 0 atom stereocenters. The Bertz CT molecular complexity index is 754. The minimum Gasteiger partial charge on any atom is -0.303 e. The van der Waals surface area contributed by atoms with Crippen molar-refractivity contribution in [1.82, 2.24) is 15.4 Å². The lowest BCUT2D eigenvalue weighted by Crippen LogP contribution is -2.42. The Hall–Kier alpha value is -2.48. The number of hydrazine groups is 1. The molecule has 0 aliphatic carbocycles. The van der Waals surface area contributed by atoms with E-state index in [1.165, 1.54) is 22.8 Å². The maximum atomic E-state index is 13.4. The number of aryl methyl sites for hydroxylation is 1. The van der Waals surface area contributed by atoms with Crippen LogP contribution in [0, 0.1) is 12.7 Å². The molecule has 0 aliphatic rings. The monoisotopic (exact) mass is 323 g/mol. The van der Waals surface area contributed by atoms with Gasteiger partial charge in [0.2, 0.25) is 5.91 Å². The van der Waals surface area contributed by atoms with Crippen molar-refractivity contribution >= 4 is 23.2 Å². The van der Waals surface area contributed by atoms with Crippen LogP contribution < -0.4 is 15.7 Å². The summed E-state index contributed by atoms with van der Waals surface area (Å²) in [5, 5.41) is 1.71. The van der Waals surface area contributed by atoms with Gasteiger partial charge in [-0.25, -0.2) is 4.39 Å². The molecule has 2 amide bonds. The second-order valence-corrected chi connectivity index (χ2v) is 5.35. The second kappa shape index (κ2) is 6.99. The Kier molecular flexibility index (Phi) is 5.05. The fraction of sp³-hybridized carbons (Fsp3) is 0.214. The zero-order valence-electron chi connectivity index (χ0n) is 11.8. The number of halogens is 1. The molecule has 0 radical (unpaired) electrons. The minimum absolute atomic E-state index is 0.0228. The zero-order chi connectivity index (χ0) is 16.1. The Balaban J connectivity index is 1.85. The molecular weight excluding hydrogens is 309 g/mol. The number of aromatic nitrogens is 1. The third-order valence-corrected chi connectivity index (χ3v) is 3.85. The number of benzene rings is 1. The number of thiazole rings is 1. The van der Waals surface area contributed by atoms with E-state index in [2.05, 4.69) is 10.9 Å². The normalized spacial score (nSPS) is 10.3. The fourth-order valence-corrected chi connectivity index (χ4v) is 2.55. The van der Waals surface area contributed by atoms with Crippen LogP contribution in [0.3, 0.4) is 0 Å². The van der Waals surface area contributed by atoms with Gasteiger partial charge in [-0.15, -0.1) is 0 Å². The summed E-state index contributed by atoms with van der Waals surface area (Å²) in [5.74, 6) is -1.88. The summed E-state index contributed by atoms with van der Waals surface area (Å²) >= 11 is 1.06. The van der Waals surface area contributed by atoms with Crippen molar-refractivity contribution < 1.29 is 14.0 Å². The van der Waals surface area contributed by atoms with Gasteiger partial charge in [-0.2, -0.15) is 0 Å². The number of carbonyl (C=O) groups is 2. The van der Waals surface area contributed by atoms with Crippen LogP contribution in [-0.2, 0) is 11.3 Å². The molecule has 2 rings (SSSR count). The molecule has 1 heterocycles. The van der Waals surface area contributed by atoms with E-state index in [1.807, 2.05) is 0 Å². The zero-order valence-corrected chi connectivity index (χ0v) is 12.6. The Morgan fingerprint density at radius 2 is 2.00 bits per heavy atom. The molecule has 1 aromatic heterocycles. The van der Waals surface area contributed by atoms with Crippen molar-refractivity contribution in [1.29, 1.82) is 0 Å². The summed E-state index contributed by atoms with van der Waals surface area (Å²) in [4.78, 5) is 34.7. The number of nitrogens with one attached hydrogen (secondary N) is 2. The van der Waals surface area contributed by atoms with E-state index in [0.29, 0.717) is 0 Å². The van der Waals surface area contributed by atoms with E-state index in [1.54, 1.807) is 12.3 Å². The van der Waals surface area contributed by atoms with E-state index < -0.39 is 17.6 Å². The van der Waals surface area contributed by atoms with Gasteiger partial charge in [-0.05, 0) is 19.1 Å². The quantitative estimate of drug-likeness (QED) is 0.830. The van der Waals surface area contributed by atoms with Crippen LogP contribution in [0.4, 0.5) is 4.39 Å². The van der Waals surface area contributed by atoms with Crippen LogP contribution in [-0.4, -0.2) is 16.4 Å². The highest BCUT2D eigenvalue weighted by molar-refractivity contribution is 7.07. The summed E-state index contributed by atoms with van der Waals surface area (Å²) < 4.78 is 14.9. The molecule has 0 saturated heterocycles. The molecule has 1 aromatic carbocycles. The predicted octanol–water partition coefficient (Wildman–Crippen LogP) is 1.21. The molecule has 0 bridgehead atoms. The summed E-state index contributed by atoms with van der Waals surface area (Å²) in [6.07, 6.45) is 0.0228. The van der Waals surface area contributed by atoms with Crippen molar-refractivity contribution in [3.63, 3.8) is 0 Å². The lowest BCUT2D eigenvalue weighted by atomic mass is 10.2. The average Bonchev–Trinajstić information content (AvgIpc) is 2.82. The molecule has 0 saturated carbocycles. The lowest BCUT2D eigenvalue weighted by Gasteiger charge is -2.08. The first-order valence-electron chi connectivity index (χ1n) is 6.47. The van der Waals surface area contributed by atoms with Crippen LogP contribution >= 0.6 is 11.3 Å². The third-order valence-electron chi connectivity index (χ3n) is 2.97. The molecule has 116 valence electrons. The Morgan fingerprint density at radius 1 is 1.27 bits per heavy atom. The average molecular weight is 323 g/mol. The van der Waals surface area contributed by atoms with Crippen LogP contribution in [0.15, 0.2) is 34.4 Å². The van der Waals surface area contributed by atoms with Gasteiger partial charge < -0.3 is 4.57 Å². The maximum Gasteiger partial charge on any atom is 0.307 e. The molecular formula is C14H14FN3O3S. The molecule has 0 unspecified atom stereocenters. The smallest absolute Gasteiger partial charge is 0.303 e. The van der Waals surface area contributed by atoms with E-state index in [4.69, 9.17) is 0 Å². The Labute approximate surface area is 129 Å². The summed E-state index contributed by atoms with van der Waals surface area (Å²) in [7, 11) is 0. The number of hydrogen-bond acceptors (Lipinski definition) is 4. The first-order valence-corrected chi connectivity index (χ1v) is 7.35. The summed E-state index contributed by atoms with van der Waals surface area (Å²) in [6.45, 7) is 1.99. The number of nitrogens with zero attached hydrogens (tertiary/aromatic N) is 1. The third kappa shape index (κ3) is 3.79.